The van der Waals surface area contributed by atoms with Gasteiger partial charge in [0.2, 0.25) is 5.78 Å². The van der Waals surface area contributed by atoms with Gasteiger partial charge in [0.25, 0.3) is 5.56 Å². The van der Waals surface area contributed by atoms with E-state index in [2.05, 4.69) is 9.72 Å². The Hall–Kier alpha value is -4.87. The Labute approximate surface area is 213 Å². The van der Waals surface area contributed by atoms with Crippen LogP contribution in [0.1, 0.15) is 27.6 Å². The molecular formula is C26H22F2N4O6. The zero-order valence-electron chi connectivity index (χ0n) is 20.5. The fourth-order valence-corrected chi connectivity index (χ4v) is 3.87. The van der Waals surface area contributed by atoms with Crippen LogP contribution in [0.4, 0.5) is 14.6 Å². The second kappa shape index (κ2) is 10.2. The quantitative estimate of drug-likeness (QED) is 0.288. The summed E-state index contributed by atoms with van der Waals surface area (Å²) in [5.74, 6) is -2.13. The minimum Gasteiger partial charge on any atom is -0.451 e. The van der Waals surface area contributed by atoms with Crippen LogP contribution in [0.15, 0.2) is 64.2 Å². The fraction of sp³-hybridized carbons (Fsp3) is 0.192. The number of fused-ring (bicyclic) bond motifs is 1. The van der Waals surface area contributed by atoms with Crippen LogP contribution in [0.25, 0.3) is 22.2 Å². The maximum absolute atomic E-state index is 13.2. The van der Waals surface area contributed by atoms with Crippen molar-refractivity contribution in [3.05, 3.63) is 86.6 Å². The summed E-state index contributed by atoms with van der Waals surface area (Å²) in [5, 5.41) is 0.441. The molecule has 0 aliphatic heterocycles. The van der Waals surface area contributed by atoms with Gasteiger partial charge in [-0.2, -0.15) is 8.78 Å². The number of aromatic nitrogens is 3. The minimum atomic E-state index is -2.97. The molecule has 12 heteroatoms. The van der Waals surface area contributed by atoms with Crippen molar-refractivity contribution in [1.82, 2.24) is 14.1 Å². The van der Waals surface area contributed by atoms with Gasteiger partial charge in [-0.3, -0.25) is 18.7 Å². The van der Waals surface area contributed by atoms with Crippen LogP contribution in [-0.2, 0) is 18.8 Å². The predicted octanol–water partition coefficient (Wildman–Crippen LogP) is 2.91. The van der Waals surface area contributed by atoms with Gasteiger partial charge >= 0.3 is 18.3 Å². The molecule has 2 N–H and O–H groups in total. The summed E-state index contributed by atoms with van der Waals surface area (Å²) in [4.78, 5) is 55.5. The first-order valence-corrected chi connectivity index (χ1v) is 11.2. The molecule has 0 amide bonds. The first kappa shape index (κ1) is 26.2. The highest BCUT2D eigenvalue weighted by molar-refractivity contribution is 6.07. The first-order valence-electron chi connectivity index (χ1n) is 11.2. The Kier molecular flexibility index (Phi) is 7.06. The SMILES string of the molecule is C[C@@H](OC(=O)c1cc(-c2ccc(OC(F)F)cc2)nc2ccccc12)C(=O)c1c(N)n(C)c(=O)n(C)c1=O. The Morgan fingerprint density at radius 3 is 2.32 bits per heavy atom. The number of para-hydroxylation sites is 1. The number of alkyl halides is 2. The zero-order chi connectivity index (χ0) is 27.7. The number of hydrogen-bond acceptors (Lipinski definition) is 8. The summed E-state index contributed by atoms with van der Waals surface area (Å²) >= 11 is 0. The van der Waals surface area contributed by atoms with E-state index in [0.29, 0.717) is 22.2 Å². The standard InChI is InChI=1S/C26H22F2N4O6/c1-13(21(33)20-22(29)31(2)26(36)32(3)23(20)34)37-24(35)17-12-19(30-18-7-5-4-6-16(17)18)14-8-10-15(11-9-14)38-25(27)28/h4-13,25H,29H2,1-3H3/t13-/m1/s1. The number of Topliss-reactive ketones (excluding diaryl/α,β-unsaturated/α-hetero) is 1. The van der Waals surface area contributed by atoms with Gasteiger partial charge in [0, 0.05) is 25.0 Å². The molecule has 2 aromatic heterocycles. The zero-order valence-corrected chi connectivity index (χ0v) is 20.5. The summed E-state index contributed by atoms with van der Waals surface area (Å²) in [5.41, 5.74) is 5.15. The Balaban J connectivity index is 1.69. The lowest BCUT2D eigenvalue weighted by molar-refractivity contribution is -0.0498. The smallest absolute Gasteiger partial charge is 0.387 e. The molecule has 0 saturated carbocycles. The lowest BCUT2D eigenvalue weighted by Gasteiger charge is -2.16. The minimum absolute atomic E-state index is 0.0414. The van der Waals surface area contributed by atoms with Gasteiger partial charge in [0.1, 0.15) is 17.1 Å². The van der Waals surface area contributed by atoms with E-state index in [0.717, 1.165) is 9.13 Å². The van der Waals surface area contributed by atoms with Gasteiger partial charge < -0.3 is 15.2 Å². The predicted molar refractivity (Wildman–Crippen MR) is 134 cm³/mol. The van der Waals surface area contributed by atoms with E-state index in [1.54, 1.807) is 24.3 Å². The van der Waals surface area contributed by atoms with Gasteiger partial charge in [-0.1, -0.05) is 18.2 Å². The number of ketones is 1. The van der Waals surface area contributed by atoms with Crippen molar-refractivity contribution >= 4 is 28.5 Å². The van der Waals surface area contributed by atoms with Crippen LogP contribution in [0, 0.1) is 0 Å². The molecule has 0 saturated heterocycles. The first-order chi connectivity index (χ1) is 18.0. The number of esters is 1. The Morgan fingerprint density at radius 2 is 1.66 bits per heavy atom. The third-order valence-electron chi connectivity index (χ3n) is 5.92. The topological polar surface area (TPSA) is 136 Å². The summed E-state index contributed by atoms with van der Waals surface area (Å²) in [6, 6.07) is 13.9. The van der Waals surface area contributed by atoms with Gasteiger partial charge in [-0.25, -0.2) is 14.6 Å². The number of carbonyl (C=O) groups excluding carboxylic acids is 2. The number of nitrogen functional groups attached to an aromatic ring is 1. The van der Waals surface area contributed by atoms with Gasteiger partial charge in [-0.05, 0) is 43.3 Å². The molecule has 0 radical (unpaired) electrons. The largest absolute Gasteiger partial charge is 0.451 e. The Bertz CT molecular complexity index is 1680. The van der Waals surface area contributed by atoms with Gasteiger partial charge in [-0.15, -0.1) is 0 Å². The van der Waals surface area contributed by atoms with E-state index < -0.39 is 41.3 Å². The molecule has 4 rings (SSSR count). The number of nitrogens with two attached hydrogens (primary N) is 1. The molecule has 2 aromatic carbocycles. The molecule has 0 unspecified atom stereocenters. The number of rotatable bonds is 7. The number of pyridine rings is 1. The molecule has 0 bridgehead atoms. The van der Waals surface area contributed by atoms with Crippen LogP contribution in [0.5, 0.6) is 5.75 Å². The number of nitrogens with zero attached hydrogens (tertiary/aromatic N) is 3. The van der Waals surface area contributed by atoms with Crippen LogP contribution in [0.2, 0.25) is 0 Å². The molecule has 4 aromatic rings. The summed E-state index contributed by atoms with van der Waals surface area (Å²) in [6.07, 6.45) is -1.42. The molecule has 10 nitrogen and oxygen atoms in total. The number of carbonyl (C=O) groups is 2. The second-order valence-electron chi connectivity index (χ2n) is 8.35. The third-order valence-corrected chi connectivity index (χ3v) is 5.92. The summed E-state index contributed by atoms with van der Waals surface area (Å²) < 4.78 is 36.4. The van der Waals surface area contributed by atoms with Crippen molar-refractivity contribution in [2.45, 2.75) is 19.6 Å². The molecule has 38 heavy (non-hydrogen) atoms. The molecule has 0 aliphatic rings. The van der Waals surface area contributed by atoms with Crippen molar-refractivity contribution in [2.24, 2.45) is 14.1 Å². The summed E-state index contributed by atoms with van der Waals surface area (Å²) in [6.45, 7) is -1.68. The van der Waals surface area contributed by atoms with Gasteiger partial charge in [0.15, 0.2) is 6.10 Å². The van der Waals surface area contributed by atoms with Gasteiger partial charge in [0.05, 0.1) is 16.8 Å². The Morgan fingerprint density at radius 1 is 1.00 bits per heavy atom. The highest BCUT2D eigenvalue weighted by Crippen LogP contribution is 2.27. The normalized spacial score (nSPS) is 11.9. The third kappa shape index (κ3) is 4.88. The summed E-state index contributed by atoms with van der Waals surface area (Å²) in [7, 11) is 2.51. The van der Waals surface area contributed by atoms with E-state index in [9.17, 15) is 28.0 Å². The van der Waals surface area contributed by atoms with E-state index in [4.69, 9.17) is 10.5 Å². The average molecular weight is 524 g/mol. The number of ether oxygens (including phenoxy) is 2. The fourth-order valence-electron chi connectivity index (χ4n) is 3.87. The molecular weight excluding hydrogens is 502 g/mol. The highest BCUT2D eigenvalue weighted by atomic mass is 19.3. The van der Waals surface area contributed by atoms with E-state index in [1.807, 2.05) is 0 Å². The van der Waals surface area contributed by atoms with Crippen LogP contribution in [0.3, 0.4) is 0 Å². The number of anilines is 1. The molecule has 0 spiro atoms. The van der Waals surface area contributed by atoms with Crippen LogP contribution >= 0.6 is 0 Å². The number of halogens is 2. The van der Waals surface area contributed by atoms with Crippen molar-refractivity contribution < 1.29 is 27.8 Å². The van der Waals surface area contributed by atoms with E-state index in [-0.39, 0.29) is 17.1 Å². The van der Waals surface area contributed by atoms with E-state index >= 15 is 0 Å². The molecule has 1 atom stereocenters. The molecule has 0 fully saturated rings. The van der Waals surface area contributed by atoms with Crippen molar-refractivity contribution in [2.75, 3.05) is 5.73 Å². The number of benzene rings is 2. The molecule has 0 aliphatic carbocycles. The highest BCUT2D eigenvalue weighted by Gasteiger charge is 2.28. The van der Waals surface area contributed by atoms with Crippen molar-refractivity contribution in [1.29, 1.82) is 0 Å². The van der Waals surface area contributed by atoms with E-state index in [1.165, 1.54) is 51.4 Å². The maximum atomic E-state index is 13.2. The second-order valence-corrected chi connectivity index (χ2v) is 8.35. The monoisotopic (exact) mass is 524 g/mol. The maximum Gasteiger partial charge on any atom is 0.387 e. The molecule has 2 heterocycles. The van der Waals surface area contributed by atoms with Crippen molar-refractivity contribution in [3.63, 3.8) is 0 Å². The average Bonchev–Trinajstić information content (AvgIpc) is 2.90. The van der Waals surface area contributed by atoms with Crippen LogP contribution in [-0.4, -0.2) is 38.6 Å². The lowest BCUT2D eigenvalue weighted by atomic mass is 10.0. The van der Waals surface area contributed by atoms with Crippen molar-refractivity contribution in [3.8, 4) is 17.0 Å². The number of hydrogen-bond donors (Lipinski definition) is 1. The van der Waals surface area contributed by atoms with Crippen LogP contribution < -0.4 is 21.7 Å². The lowest BCUT2D eigenvalue weighted by Crippen LogP contribution is -2.43. The molecule has 196 valence electrons.